The van der Waals surface area contributed by atoms with Gasteiger partial charge in [0.15, 0.2) is 0 Å². The standard InChI is InChI=1S/C20H22N2O4/c23-19(22-11-8-16(9-12-22)20(24)25)13-15-4-6-18(7-5-15)26-14-17-3-1-2-10-21-17/h1-7,10,16H,8-9,11-14H2,(H,24,25). The molecule has 26 heavy (non-hydrogen) atoms. The molecule has 6 nitrogen and oxygen atoms in total. The van der Waals surface area contributed by atoms with E-state index in [1.165, 1.54) is 0 Å². The van der Waals surface area contributed by atoms with Gasteiger partial charge in [0.05, 0.1) is 18.0 Å². The first-order valence-electron chi connectivity index (χ1n) is 8.74. The Morgan fingerprint density at radius 3 is 2.46 bits per heavy atom. The molecule has 0 bridgehead atoms. The fourth-order valence-corrected chi connectivity index (χ4v) is 3.01. The molecule has 1 amide bonds. The summed E-state index contributed by atoms with van der Waals surface area (Å²) in [7, 11) is 0. The molecule has 1 fully saturated rings. The Bertz CT molecular complexity index is 738. The van der Waals surface area contributed by atoms with Gasteiger partial charge in [0.25, 0.3) is 0 Å². The van der Waals surface area contributed by atoms with Crippen LogP contribution in [0, 0.1) is 5.92 Å². The van der Waals surface area contributed by atoms with Crippen molar-refractivity contribution in [3.05, 3.63) is 59.9 Å². The van der Waals surface area contributed by atoms with Gasteiger partial charge in [-0.15, -0.1) is 0 Å². The minimum Gasteiger partial charge on any atom is -0.487 e. The van der Waals surface area contributed by atoms with E-state index in [9.17, 15) is 9.59 Å². The van der Waals surface area contributed by atoms with E-state index in [1.807, 2.05) is 42.5 Å². The Balaban J connectivity index is 1.48. The topological polar surface area (TPSA) is 79.7 Å². The van der Waals surface area contributed by atoms with Crippen molar-refractivity contribution in [1.29, 1.82) is 0 Å². The average Bonchev–Trinajstić information content (AvgIpc) is 2.68. The molecule has 1 N–H and O–H groups in total. The van der Waals surface area contributed by atoms with Crippen LogP contribution >= 0.6 is 0 Å². The van der Waals surface area contributed by atoms with E-state index in [4.69, 9.17) is 9.84 Å². The molecule has 0 saturated carbocycles. The summed E-state index contributed by atoms with van der Waals surface area (Å²) in [4.78, 5) is 29.3. The Labute approximate surface area is 152 Å². The van der Waals surface area contributed by atoms with Crippen LogP contribution in [0.25, 0.3) is 0 Å². The van der Waals surface area contributed by atoms with Crippen molar-refractivity contribution in [2.45, 2.75) is 25.9 Å². The number of benzene rings is 1. The van der Waals surface area contributed by atoms with Gasteiger partial charge >= 0.3 is 5.97 Å². The Morgan fingerprint density at radius 2 is 1.85 bits per heavy atom. The third kappa shape index (κ3) is 4.81. The van der Waals surface area contributed by atoms with Crippen LogP contribution in [-0.2, 0) is 22.6 Å². The van der Waals surface area contributed by atoms with Gasteiger partial charge in [0.2, 0.25) is 5.91 Å². The highest BCUT2D eigenvalue weighted by molar-refractivity contribution is 5.79. The molecule has 1 saturated heterocycles. The quantitative estimate of drug-likeness (QED) is 0.862. The van der Waals surface area contributed by atoms with Gasteiger partial charge in [-0.2, -0.15) is 0 Å². The van der Waals surface area contributed by atoms with E-state index in [0.29, 0.717) is 39.0 Å². The minimum absolute atomic E-state index is 0.0380. The highest BCUT2D eigenvalue weighted by Gasteiger charge is 2.26. The number of pyridine rings is 1. The lowest BCUT2D eigenvalue weighted by molar-refractivity contribution is -0.145. The van der Waals surface area contributed by atoms with Gasteiger partial charge in [0.1, 0.15) is 12.4 Å². The second-order valence-corrected chi connectivity index (χ2v) is 6.42. The molecule has 0 unspecified atom stereocenters. The molecular weight excluding hydrogens is 332 g/mol. The van der Waals surface area contributed by atoms with Gasteiger partial charge in [-0.25, -0.2) is 0 Å². The van der Waals surface area contributed by atoms with Crippen LogP contribution in [0.2, 0.25) is 0 Å². The number of piperidine rings is 1. The molecule has 2 heterocycles. The molecule has 1 aliphatic heterocycles. The number of aliphatic carboxylic acids is 1. The number of likely N-dealkylation sites (tertiary alicyclic amines) is 1. The Morgan fingerprint density at radius 1 is 1.12 bits per heavy atom. The maximum absolute atomic E-state index is 12.4. The van der Waals surface area contributed by atoms with Gasteiger partial charge < -0.3 is 14.7 Å². The molecule has 2 aromatic rings. The molecule has 1 aromatic heterocycles. The Kier molecular flexibility index (Phi) is 5.84. The predicted octanol–water partition coefficient (Wildman–Crippen LogP) is 2.53. The lowest BCUT2D eigenvalue weighted by Gasteiger charge is -2.30. The lowest BCUT2D eigenvalue weighted by Crippen LogP contribution is -2.40. The normalized spacial score (nSPS) is 14.8. The summed E-state index contributed by atoms with van der Waals surface area (Å²) >= 11 is 0. The molecule has 1 aliphatic rings. The number of ether oxygens (including phenoxy) is 1. The molecule has 0 radical (unpaired) electrons. The zero-order valence-corrected chi connectivity index (χ0v) is 14.5. The van der Waals surface area contributed by atoms with Crippen molar-refractivity contribution in [3.63, 3.8) is 0 Å². The number of hydrogen-bond acceptors (Lipinski definition) is 4. The van der Waals surface area contributed by atoms with Crippen LogP contribution in [-0.4, -0.2) is 40.0 Å². The number of aromatic nitrogens is 1. The largest absolute Gasteiger partial charge is 0.487 e. The first-order chi connectivity index (χ1) is 12.6. The Hall–Kier alpha value is -2.89. The number of nitrogens with zero attached hydrogens (tertiary/aromatic N) is 2. The molecule has 136 valence electrons. The van der Waals surface area contributed by atoms with Crippen LogP contribution in [0.5, 0.6) is 5.75 Å². The van der Waals surface area contributed by atoms with Crippen molar-refractivity contribution in [3.8, 4) is 5.75 Å². The van der Waals surface area contributed by atoms with Gasteiger partial charge in [-0.05, 0) is 42.7 Å². The fourth-order valence-electron chi connectivity index (χ4n) is 3.01. The van der Waals surface area contributed by atoms with E-state index in [-0.39, 0.29) is 11.8 Å². The molecule has 0 spiro atoms. The highest BCUT2D eigenvalue weighted by atomic mass is 16.5. The van der Waals surface area contributed by atoms with E-state index in [1.54, 1.807) is 11.1 Å². The average molecular weight is 354 g/mol. The maximum Gasteiger partial charge on any atom is 0.306 e. The van der Waals surface area contributed by atoms with Gasteiger partial charge in [-0.1, -0.05) is 18.2 Å². The van der Waals surface area contributed by atoms with E-state index < -0.39 is 5.97 Å². The van der Waals surface area contributed by atoms with Crippen LogP contribution in [0.15, 0.2) is 48.7 Å². The van der Waals surface area contributed by atoms with Gasteiger partial charge in [0, 0.05) is 19.3 Å². The summed E-state index contributed by atoms with van der Waals surface area (Å²) in [6.07, 6.45) is 3.10. The van der Waals surface area contributed by atoms with E-state index >= 15 is 0 Å². The van der Waals surface area contributed by atoms with Crippen LogP contribution in [0.1, 0.15) is 24.1 Å². The smallest absolute Gasteiger partial charge is 0.306 e. The summed E-state index contributed by atoms with van der Waals surface area (Å²) in [5.41, 5.74) is 1.78. The number of rotatable bonds is 6. The number of hydrogen-bond donors (Lipinski definition) is 1. The third-order valence-electron chi connectivity index (χ3n) is 4.59. The number of carbonyl (C=O) groups is 2. The zero-order chi connectivity index (χ0) is 18.4. The first-order valence-corrected chi connectivity index (χ1v) is 8.74. The molecule has 6 heteroatoms. The van der Waals surface area contributed by atoms with E-state index in [0.717, 1.165) is 17.0 Å². The maximum atomic E-state index is 12.4. The number of carboxylic acid groups (broad SMARTS) is 1. The fraction of sp³-hybridized carbons (Fsp3) is 0.350. The van der Waals surface area contributed by atoms with Crippen molar-refractivity contribution in [1.82, 2.24) is 9.88 Å². The summed E-state index contributed by atoms with van der Waals surface area (Å²) in [6, 6.07) is 13.1. The zero-order valence-electron chi connectivity index (χ0n) is 14.5. The summed E-state index contributed by atoms with van der Waals surface area (Å²) < 4.78 is 5.69. The second kappa shape index (κ2) is 8.47. The van der Waals surface area contributed by atoms with Crippen molar-refractivity contribution < 1.29 is 19.4 Å². The van der Waals surface area contributed by atoms with Crippen molar-refractivity contribution >= 4 is 11.9 Å². The summed E-state index contributed by atoms with van der Waals surface area (Å²) in [6.45, 7) is 1.43. The van der Waals surface area contributed by atoms with Crippen molar-refractivity contribution in [2.24, 2.45) is 5.92 Å². The van der Waals surface area contributed by atoms with Gasteiger partial charge in [-0.3, -0.25) is 14.6 Å². The number of carboxylic acids is 1. The number of amides is 1. The molecule has 1 aromatic carbocycles. The molecular formula is C20H22N2O4. The third-order valence-corrected chi connectivity index (χ3v) is 4.59. The van der Waals surface area contributed by atoms with E-state index in [2.05, 4.69) is 4.98 Å². The minimum atomic E-state index is -0.765. The molecule has 0 aliphatic carbocycles. The second-order valence-electron chi connectivity index (χ2n) is 6.42. The number of carbonyl (C=O) groups excluding carboxylic acids is 1. The monoisotopic (exact) mass is 354 g/mol. The SMILES string of the molecule is O=C(O)C1CCN(C(=O)Cc2ccc(OCc3ccccn3)cc2)CC1. The molecule has 3 rings (SSSR count). The lowest BCUT2D eigenvalue weighted by atomic mass is 9.96. The molecule has 0 atom stereocenters. The van der Waals surface area contributed by atoms with Crippen LogP contribution < -0.4 is 4.74 Å². The summed E-state index contributed by atoms with van der Waals surface area (Å²) in [5.74, 6) is -0.321. The predicted molar refractivity (Wildman–Crippen MR) is 95.7 cm³/mol. The van der Waals surface area contributed by atoms with Crippen LogP contribution in [0.3, 0.4) is 0 Å². The first kappa shape index (κ1) is 17.9. The van der Waals surface area contributed by atoms with Crippen LogP contribution in [0.4, 0.5) is 0 Å². The summed E-state index contributed by atoms with van der Waals surface area (Å²) in [5, 5.41) is 9.02. The van der Waals surface area contributed by atoms with Crippen molar-refractivity contribution in [2.75, 3.05) is 13.1 Å². The highest BCUT2D eigenvalue weighted by Crippen LogP contribution is 2.19.